The summed E-state index contributed by atoms with van der Waals surface area (Å²) in [5.74, 6) is 0.0676. The molecule has 3 rings (SSSR count). The SMILES string of the molecule is O=C(COC(=O)CCSc1ccccc1)NCC1(c2ccccc2)CCC1. The van der Waals surface area contributed by atoms with Crippen LogP contribution in [0.4, 0.5) is 0 Å². The quantitative estimate of drug-likeness (QED) is 0.526. The number of hydrogen-bond donors (Lipinski definition) is 1. The number of carbonyl (C=O) groups excluding carboxylic acids is 2. The summed E-state index contributed by atoms with van der Waals surface area (Å²) in [7, 11) is 0. The number of rotatable bonds is 9. The van der Waals surface area contributed by atoms with Crippen molar-refractivity contribution < 1.29 is 14.3 Å². The fourth-order valence-electron chi connectivity index (χ4n) is 3.27. The molecule has 27 heavy (non-hydrogen) atoms. The summed E-state index contributed by atoms with van der Waals surface area (Å²) in [5.41, 5.74) is 1.30. The van der Waals surface area contributed by atoms with E-state index in [0.717, 1.165) is 17.7 Å². The molecule has 0 unspecified atom stereocenters. The number of thioether (sulfide) groups is 1. The number of hydrogen-bond acceptors (Lipinski definition) is 4. The predicted molar refractivity (Wildman–Crippen MR) is 108 cm³/mol. The number of nitrogens with one attached hydrogen (secondary N) is 1. The van der Waals surface area contributed by atoms with Gasteiger partial charge < -0.3 is 10.1 Å². The van der Waals surface area contributed by atoms with Crippen molar-refractivity contribution in [3.05, 3.63) is 66.2 Å². The van der Waals surface area contributed by atoms with E-state index in [2.05, 4.69) is 17.4 Å². The fourth-order valence-corrected chi connectivity index (χ4v) is 4.12. The highest BCUT2D eigenvalue weighted by Gasteiger charge is 2.38. The maximum absolute atomic E-state index is 12.1. The summed E-state index contributed by atoms with van der Waals surface area (Å²) >= 11 is 1.60. The molecule has 0 atom stereocenters. The lowest BCUT2D eigenvalue weighted by Crippen LogP contribution is -2.46. The highest BCUT2D eigenvalue weighted by molar-refractivity contribution is 7.99. The highest BCUT2D eigenvalue weighted by Crippen LogP contribution is 2.43. The second-order valence-corrected chi connectivity index (χ2v) is 8.02. The first-order valence-electron chi connectivity index (χ1n) is 9.34. The Hall–Kier alpha value is -2.27. The van der Waals surface area contributed by atoms with Crippen LogP contribution in [0.5, 0.6) is 0 Å². The molecule has 1 amide bonds. The molecule has 1 aliphatic carbocycles. The maximum Gasteiger partial charge on any atom is 0.307 e. The zero-order valence-corrected chi connectivity index (χ0v) is 16.2. The zero-order chi connectivity index (χ0) is 19.0. The Morgan fingerprint density at radius 1 is 1.00 bits per heavy atom. The van der Waals surface area contributed by atoms with Crippen molar-refractivity contribution in [3.8, 4) is 0 Å². The summed E-state index contributed by atoms with van der Waals surface area (Å²) in [6.45, 7) is 0.386. The van der Waals surface area contributed by atoms with E-state index >= 15 is 0 Å². The Morgan fingerprint density at radius 2 is 1.67 bits per heavy atom. The monoisotopic (exact) mass is 383 g/mol. The first-order chi connectivity index (χ1) is 13.2. The molecule has 1 saturated carbocycles. The van der Waals surface area contributed by atoms with Crippen LogP contribution in [0, 0.1) is 0 Å². The number of ether oxygens (including phenoxy) is 1. The molecule has 0 saturated heterocycles. The Bertz CT molecular complexity index is 745. The van der Waals surface area contributed by atoms with Gasteiger partial charge in [-0.15, -0.1) is 11.8 Å². The standard InChI is InChI=1S/C22H25NO3S/c24-20(16-26-21(25)12-15-27-19-10-5-2-6-11-19)23-17-22(13-7-14-22)18-8-3-1-4-9-18/h1-6,8-11H,7,12-17H2,(H,23,24). The number of carbonyl (C=O) groups is 2. The fraction of sp³-hybridized carbons (Fsp3) is 0.364. The average molecular weight is 384 g/mol. The molecule has 4 nitrogen and oxygen atoms in total. The number of amides is 1. The molecular formula is C22H25NO3S. The summed E-state index contributed by atoms with van der Waals surface area (Å²) in [6, 6.07) is 20.2. The van der Waals surface area contributed by atoms with Gasteiger partial charge in [0.15, 0.2) is 6.61 Å². The molecule has 0 heterocycles. The smallest absolute Gasteiger partial charge is 0.307 e. The minimum atomic E-state index is -0.338. The number of benzene rings is 2. The zero-order valence-electron chi connectivity index (χ0n) is 15.4. The van der Waals surface area contributed by atoms with Gasteiger partial charge in [0, 0.05) is 22.6 Å². The van der Waals surface area contributed by atoms with Gasteiger partial charge in [0.25, 0.3) is 5.91 Å². The Labute approximate surface area is 164 Å². The highest BCUT2D eigenvalue weighted by atomic mass is 32.2. The van der Waals surface area contributed by atoms with E-state index in [-0.39, 0.29) is 23.9 Å². The molecule has 0 spiro atoms. The van der Waals surface area contributed by atoms with Gasteiger partial charge in [-0.1, -0.05) is 55.0 Å². The van der Waals surface area contributed by atoms with Gasteiger partial charge in [0.2, 0.25) is 0 Å². The first kappa shape index (κ1) is 19.5. The normalized spacial score (nSPS) is 14.8. The van der Waals surface area contributed by atoms with Crippen LogP contribution in [0.3, 0.4) is 0 Å². The van der Waals surface area contributed by atoms with Crippen molar-refractivity contribution in [2.24, 2.45) is 0 Å². The van der Waals surface area contributed by atoms with Gasteiger partial charge in [-0.25, -0.2) is 0 Å². The van der Waals surface area contributed by atoms with E-state index in [1.807, 2.05) is 48.5 Å². The van der Waals surface area contributed by atoms with Crippen LogP contribution in [0.15, 0.2) is 65.6 Å². The van der Waals surface area contributed by atoms with Gasteiger partial charge in [-0.2, -0.15) is 0 Å². The molecule has 1 N–H and O–H groups in total. The molecule has 0 aromatic heterocycles. The third-order valence-electron chi connectivity index (χ3n) is 5.00. The van der Waals surface area contributed by atoms with Crippen LogP contribution >= 0.6 is 11.8 Å². The minimum Gasteiger partial charge on any atom is -0.456 e. The van der Waals surface area contributed by atoms with Crippen molar-refractivity contribution in [1.29, 1.82) is 0 Å². The molecule has 1 fully saturated rings. The van der Waals surface area contributed by atoms with Crippen molar-refractivity contribution in [2.75, 3.05) is 18.9 Å². The van der Waals surface area contributed by atoms with Gasteiger partial charge in [0.1, 0.15) is 0 Å². The van der Waals surface area contributed by atoms with Crippen LogP contribution in [0.25, 0.3) is 0 Å². The van der Waals surface area contributed by atoms with Crippen molar-refractivity contribution in [2.45, 2.75) is 36.0 Å². The molecule has 2 aromatic carbocycles. The summed E-state index contributed by atoms with van der Waals surface area (Å²) in [5, 5.41) is 2.94. The molecule has 5 heteroatoms. The van der Waals surface area contributed by atoms with E-state index in [0.29, 0.717) is 18.7 Å². The summed E-state index contributed by atoms with van der Waals surface area (Å²) in [6.07, 6.45) is 3.63. The van der Waals surface area contributed by atoms with E-state index in [1.54, 1.807) is 11.8 Å². The van der Waals surface area contributed by atoms with Crippen molar-refractivity contribution in [1.82, 2.24) is 5.32 Å². The van der Waals surface area contributed by atoms with E-state index in [9.17, 15) is 9.59 Å². The lowest BCUT2D eigenvalue weighted by atomic mass is 9.64. The van der Waals surface area contributed by atoms with Gasteiger partial charge in [-0.3, -0.25) is 9.59 Å². The average Bonchev–Trinajstić information content (AvgIpc) is 2.67. The van der Waals surface area contributed by atoms with Gasteiger partial charge in [0.05, 0.1) is 6.42 Å². The molecule has 0 aliphatic heterocycles. The molecule has 1 aliphatic rings. The van der Waals surface area contributed by atoms with Gasteiger partial charge in [-0.05, 0) is 30.5 Å². The third kappa shape index (κ3) is 5.60. The molecule has 2 aromatic rings. The van der Waals surface area contributed by atoms with Crippen LogP contribution in [-0.4, -0.2) is 30.8 Å². The molecule has 142 valence electrons. The van der Waals surface area contributed by atoms with Crippen molar-refractivity contribution >= 4 is 23.6 Å². The number of esters is 1. The van der Waals surface area contributed by atoms with Crippen LogP contribution in [0.2, 0.25) is 0 Å². The summed E-state index contributed by atoms with van der Waals surface area (Å²) < 4.78 is 5.10. The lowest BCUT2D eigenvalue weighted by molar-refractivity contribution is -0.148. The minimum absolute atomic E-state index is 0.0350. The summed E-state index contributed by atoms with van der Waals surface area (Å²) in [4.78, 5) is 25.0. The largest absolute Gasteiger partial charge is 0.456 e. The molecule has 0 radical (unpaired) electrons. The first-order valence-corrected chi connectivity index (χ1v) is 10.3. The van der Waals surface area contributed by atoms with E-state index in [4.69, 9.17) is 4.74 Å². The van der Waals surface area contributed by atoms with Crippen LogP contribution < -0.4 is 5.32 Å². The van der Waals surface area contributed by atoms with E-state index < -0.39 is 0 Å². The van der Waals surface area contributed by atoms with Gasteiger partial charge >= 0.3 is 5.97 Å². The molecular weight excluding hydrogens is 358 g/mol. The second kappa shape index (κ2) is 9.60. The van der Waals surface area contributed by atoms with Crippen LogP contribution in [-0.2, 0) is 19.7 Å². The Balaban J connectivity index is 1.35. The topological polar surface area (TPSA) is 55.4 Å². The molecule has 0 bridgehead atoms. The Kier molecular flexibility index (Phi) is 6.93. The Morgan fingerprint density at radius 3 is 2.30 bits per heavy atom. The van der Waals surface area contributed by atoms with Crippen molar-refractivity contribution in [3.63, 3.8) is 0 Å². The predicted octanol–water partition coefficient (Wildman–Crippen LogP) is 3.95. The van der Waals surface area contributed by atoms with E-state index in [1.165, 1.54) is 12.0 Å². The lowest BCUT2D eigenvalue weighted by Gasteiger charge is -2.42. The second-order valence-electron chi connectivity index (χ2n) is 6.85. The third-order valence-corrected chi connectivity index (χ3v) is 6.02. The van der Waals surface area contributed by atoms with Crippen LogP contribution in [0.1, 0.15) is 31.2 Å². The maximum atomic E-state index is 12.1.